The fourth-order valence-electron chi connectivity index (χ4n) is 1.29. The van der Waals surface area contributed by atoms with Gasteiger partial charge in [0, 0.05) is 23.5 Å². The minimum atomic E-state index is -0.368. The Balaban J connectivity index is 2.49. The largest absolute Gasteiger partial charge is 0.495 e. The highest BCUT2D eigenvalue weighted by atomic mass is 19.1. The Labute approximate surface area is 86.6 Å². The summed E-state index contributed by atoms with van der Waals surface area (Å²) in [6, 6.07) is 3.33. The first kappa shape index (κ1) is 9.58. The summed E-state index contributed by atoms with van der Waals surface area (Å²) in [5.41, 5.74) is 1.14. The molecule has 0 fully saturated rings. The molecule has 0 aliphatic rings. The molecule has 4 heteroatoms. The van der Waals surface area contributed by atoms with Crippen LogP contribution in [0.4, 0.5) is 4.39 Å². The van der Waals surface area contributed by atoms with Crippen molar-refractivity contribution in [3.63, 3.8) is 0 Å². The zero-order valence-corrected chi connectivity index (χ0v) is 8.14. The van der Waals surface area contributed by atoms with Gasteiger partial charge >= 0.3 is 0 Å². The Morgan fingerprint density at radius 2 is 2.07 bits per heavy atom. The summed E-state index contributed by atoms with van der Waals surface area (Å²) < 4.78 is 18.4. The number of methoxy groups -OCH3 is 1. The maximum atomic E-state index is 13.4. The fraction of sp³-hybridized carbons (Fsp3) is 0.0909. The van der Waals surface area contributed by atoms with E-state index in [0.717, 1.165) is 0 Å². The molecule has 2 aromatic rings. The van der Waals surface area contributed by atoms with Crippen molar-refractivity contribution < 1.29 is 9.13 Å². The quantitative estimate of drug-likeness (QED) is 0.752. The van der Waals surface area contributed by atoms with E-state index in [0.29, 0.717) is 16.9 Å². The standard InChI is InChI=1S/C11H9FN2O/c1-15-9-4-8(5-14-6-9)10-2-3-13-7-11(10)12/h2-7H,1H3. The highest BCUT2D eigenvalue weighted by molar-refractivity contribution is 5.63. The van der Waals surface area contributed by atoms with Crippen LogP contribution in [0.3, 0.4) is 0 Å². The van der Waals surface area contributed by atoms with Crippen molar-refractivity contribution in [1.29, 1.82) is 0 Å². The van der Waals surface area contributed by atoms with Crippen molar-refractivity contribution in [2.24, 2.45) is 0 Å². The van der Waals surface area contributed by atoms with Gasteiger partial charge in [0.1, 0.15) is 11.6 Å². The highest BCUT2D eigenvalue weighted by Crippen LogP contribution is 2.23. The number of rotatable bonds is 2. The van der Waals surface area contributed by atoms with Gasteiger partial charge < -0.3 is 4.74 Å². The van der Waals surface area contributed by atoms with Crippen molar-refractivity contribution in [1.82, 2.24) is 9.97 Å². The monoisotopic (exact) mass is 204 g/mol. The van der Waals surface area contributed by atoms with Crippen LogP contribution in [0.2, 0.25) is 0 Å². The van der Waals surface area contributed by atoms with E-state index in [4.69, 9.17) is 4.74 Å². The summed E-state index contributed by atoms with van der Waals surface area (Å²) in [5.74, 6) is 0.233. The van der Waals surface area contributed by atoms with Crippen LogP contribution in [0.15, 0.2) is 36.9 Å². The second-order valence-electron chi connectivity index (χ2n) is 2.97. The van der Waals surface area contributed by atoms with Gasteiger partial charge in [0.05, 0.1) is 19.5 Å². The summed E-state index contributed by atoms with van der Waals surface area (Å²) in [5, 5.41) is 0. The van der Waals surface area contributed by atoms with Gasteiger partial charge in [-0.15, -0.1) is 0 Å². The van der Waals surface area contributed by atoms with E-state index < -0.39 is 0 Å². The van der Waals surface area contributed by atoms with Crippen LogP contribution in [0.5, 0.6) is 5.75 Å². The van der Waals surface area contributed by atoms with E-state index in [1.807, 2.05) is 0 Å². The van der Waals surface area contributed by atoms with Gasteiger partial charge in [0.15, 0.2) is 0 Å². The highest BCUT2D eigenvalue weighted by Gasteiger charge is 2.05. The molecular formula is C11H9FN2O. The first-order valence-corrected chi connectivity index (χ1v) is 4.40. The van der Waals surface area contributed by atoms with Crippen LogP contribution < -0.4 is 4.74 Å². The summed E-state index contributed by atoms with van der Waals surface area (Å²) in [6.07, 6.45) is 5.87. The summed E-state index contributed by atoms with van der Waals surface area (Å²) in [4.78, 5) is 7.65. The fourth-order valence-corrected chi connectivity index (χ4v) is 1.29. The topological polar surface area (TPSA) is 35.0 Å². The Hall–Kier alpha value is -1.97. The second kappa shape index (κ2) is 4.04. The lowest BCUT2D eigenvalue weighted by Gasteiger charge is -2.04. The molecule has 0 spiro atoms. The third-order valence-corrected chi connectivity index (χ3v) is 2.03. The zero-order chi connectivity index (χ0) is 10.7. The van der Waals surface area contributed by atoms with Crippen LogP contribution in [0.25, 0.3) is 11.1 Å². The van der Waals surface area contributed by atoms with Gasteiger partial charge in [-0.3, -0.25) is 9.97 Å². The smallest absolute Gasteiger partial charge is 0.149 e. The molecule has 0 bridgehead atoms. The predicted octanol–water partition coefficient (Wildman–Crippen LogP) is 2.29. The lowest BCUT2D eigenvalue weighted by atomic mass is 10.1. The van der Waals surface area contributed by atoms with E-state index in [1.165, 1.54) is 12.4 Å². The molecule has 2 rings (SSSR count). The van der Waals surface area contributed by atoms with Gasteiger partial charge in [-0.1, -0.05) is 0 Å². The first-order chi connectivity index (χ1) is 7.31. The first-order valence-electron chi connectivity index (χ1n) is 4.40. The molecule has 3 nitrogen and oxygen atoms in total. The third-order valence-electron chi connectivity index (χ3n) is 2.03. The van der Waals surface area contributed by atoms with Crippen LogP contribution >= 0.6 is 0 Å². The molecule has 0 saturated carbocycles. The molecule has 76 valence electrons. The zero-order valence-electron chi connectivity index (χ0n) is 8.14. The molecule has 0 unspecified atom stereocenters. The number of aromatic nitrogens is 2. The SMILES string of the molecule is COc1cncc(-c2ccncc2F)c1. The third kappa shape index (κ3) is 1.93. The molecule has 0 aromatic carbocycles. The lowest BCUT2D eigenvalue weighted by molar-refractivity contribution is 0.413. The average Bonchev–Trinajstić information content (AvgIpc) is 2.30. The molecule has 0 saturated heterocycles. The van der Waals surface area contributed by atoms with Crippen molar-refractivity contribution in [2.75, 3.05) is 7.11 Å². The van der Waals surface area contributed by atoms with Gasteiger partial charge in [0.2, 0.25) is 0 Å². The maximum Gasteiger partial charge on any atom is 0.149 e. The van der Waals surface area contributed by atoms with E-state index >= 15 is 0 Å². The van der Waals surface area contributed by atoms with Crippen LogP contribution in [0.1, 0.15) is 0 Å². The number of nitrogens with zero attached hydrogens (tertiary/aromatic N) is 2. The van der Waals surface area contributed by atoms with Crippen molar-refractivity contribution in [3.05, 3.63) is 42.7 Å². The molecule has 0 N–H and O–H groups in total. The second-order valence-corrected chi connectivity index (χ2v) is 2.97. The molecular weight excluding hydrogens is 195 g/mol. The average molecular weight is 204 g/mol. The number of hydrogen-bond donors (Lipinski definition) is 0. The Kier molecular flexibility index (Phi) is 2.58. The summed E-state index contributed by atoms with van der Waals surface area (Å²) in [7, 11) is 1.55. The van der Waals surface area contributed by atoms with Gasteiger partial charge in [0.25, 0.3) is 0 Å². The van der Waals surface area contributed by atoms with Crippen LogP contribution in [-0.4, -0.2) is 17.1 Å². The van der Waals surface area contributed by atoms with Gasteiger partial charge in [-0.05, 0) is 12.1 Å². The summed E-state index contributed by atoms with van der Waals surface area (Å²) in [6.45, 7) is 0. The van der Waals surface area contributed by atoms with E-state index in [1.54, 1.807) is 31.6 Å². The van der Waals surface area contributed by atoms with Crippen molar-refractivity contribution >= 4 is 0 Å². The van der Waals surface area contributed by atoms with Crippen molar-refractivity contribution in [2.45, 2.75) is 0 Å². The van der Waals surface area contributed by atoms with Gasteiger partial charge in [-0.25, -0.2) is 4.39 Å². The molecule has 0 aliphatic carbocycles. The predicted molar refractivity (Wildman–Crippen MR) is 54.0 cm³/mol. The molecule has 0 aliphatic heterocycles. The van der Waals surface area contributed by atoms with E-state index in [-0.39, 0.29) is 5.82 Å². The lowest BCUT2D eigenvalue weighted by Crippen LogP contribution is -1.89. The Morgan fingerprint density at radius 3 is 2.80 bits per heavy atom. The van der Waals surface area contributed by atoms with Crippen LogP contribution in [0, 0.1) is 5.82 Å². The molecule has 0 radical (unpaired) electrons. The number of hydrogen-bond acceptors (Lipinski definition) is 3. The van der Waals surface area contributed by atoms with Crippen LogP contribution in [-0.2, 0) is 0 Å². The molecule has 2 heterocycles. The van der Waals surface area contributed by atoms with E-state index in [9.17, 15) is 4.39 Å². The minimum Gasteiger partial charge on any atom is -0.495 e. The van der Waals surface area contributed by atoms with Crippen molar-refractivity contribution in [3.8, 4) is 16.9 Å². The maximum absolute atomic E-state index is 13.4. The normalized spacial score (nSPS) is 10.0. The number of ether oxygens (including phenoxy) is 1. The summed E-state index contributed by atoms with van der Waals surface area (Å²) >= 11 is 0. The van der Waals surface area contributed by atoms with Gasteiger partial charge in [-0.2, -0.15) is 0 Å². The van der Waals surface area contributed by atoms with E-state index in [2.05, 4.69) is 9.97 Å². The Bertz CT molecular complexity index is 474. The molecule has 2 aromatic heterocycles. The minimum absolute atomic E-state index is 0.368. The molecule has 0 amide bonds. The Morgan fingerprint density at radius 1 is 1.20 bits per heavy atom. The number of pyridine rings is 2. The number of halogens is 1. The molecule has 0 atom stereocenters. The molecule has 15 heavy (non-hydrogen) atoms.